The zero-order valence-electron chi connectivity index (χ0n) is 5.22. The molecule has 0 bridgehead atoms. The van der Waals surface area contributed by atoms with E-state index in [1.54, 1.807) is 18.4 Å². The van der Waals surface area contributed by atoms with E-state index in [4.69, 9.17) is 0 Å². The smallest absolute Gasteiger partial charge is 0.132 e. The molecule has 1 heterocycles. The standard InChI is InChI=1S/C5H4O.C2H6/c1-2-4-6-5-3-1;1-2/h1-2,4-5H;1-2H3. The average Bonchev–Trinajstić information content (AvgIpc) is 1.96. The van der Waals surface area contributed by atoms with Crippen LogP contribution in [0.5, 0.6) is 0 Å². The van der Waals surface area contributed by atoms with Gasteiger partial charge in [0.25, 0.3) is 0 Å². The summed E-state index contributed by atoms with van der Waals surface area (Å²) in [5.74, 6) is 0. The SMILES string of the molecule is C1=CC=COC=1.CC. The minimum Gasteiger partial charge on any atom is -0.464 e. The van der Waals surface area contributed by atoms with Crippen molar-refractivity contribution in [3.05, 3.63) is 30.4 Å². The molecule has 1 rings (SSSR count). The van der Waals surface area contributed by atoms with Crippen molar-refractivity contribution in [1.82, 2.24) is 0 Å². The second-order valence-electron chi connectivity index (χ2n) is 0.916. The molecule has 0 aliphatic carbocycles. The zero-order valence-corrected chi connectivity index (χ0v) is 5.22. The van der Waals surface area contributed by atoms with Crippen molar-refractivity contribution < 1.29 is 4.74 Å². The highest BCUT2D eigenvalue weighted by atomic mass is 16.5. The van der Waals surface area contributed by atoms with Gasteiger partial charge in [0.1, 0.15) is 6.26 Å². The lowest BCUT2D eigenvalue weighted by Gasteiger charge is -1.84. The molecule has 0 fully saturated rings. The molecule has 0 atom stereocenters. The van der Waals surface area contributed by atoms with Crippen LogP contribution in [0.2, 0.25) is 0 Å². The molecule has 1 aliphatic rings. The van der Waals surface area contributed by atoms with Gasteiger partial charge in [-0.3, -0.25) is 0 Å². The van der Waals surface area contributed by atoms with E-state index >= 15 is 0 Å². The second-order valence-corrected chi connectivity index (χ2v) is 0.916. The lowest BCUT2D eigenvalue weighted by Crippen LogP contribution is -1.64. The molecule has 0 N–H and O–H groups in total. The van der Waals surface area contributed by atoms with Gasteiger partial charge in [-0.25, -0.2) is 0 Å². The molecule has 0 amide bonds. The maximum atomic E-state index is 4.62. The van der Waals surface area contributed by atoms with Crippen LogP contribution in [-0.4, -0.2) is 0 Å². The summed E-state index contributed by atoms with van der Waals surface area (Å²) in [5, 5.41) is 0. The Morgan fingerprint density at radius 2 is 2.12 bits per heavy atom. The normalized spacial score (nSPS) is 11.8. The van der Waals surface area contributed by atoms with Gasteiger partial charge < -0.3 is 4.74 Å². The highest BCUT2D eigenvalue weighted by Crippen LogP contribution is 1.84. The highest BCUT2D eigenvalue weighted by Gasteiger charge is 1.66. The summed E-state index contributed by atoms with van der Waals surface area (Å²) in [5.41, 5.74) is 2.73. The van der Waals surface area contributed by atoms with Crippen LogP contribution in [0.1, 0.15) is 13.8 Å². The predicted molar refractivity (Wildman–Crippen MR) is 34.2 cm³/mol. The number of rotatable bonds is 0. The highest BCUT2D eigenvalue weighted by molar-refractivity contribution is 5.02. The van der Waals surface area contributed by atoms with E-state index in [1.165, 1.54) is 6.26 Å². The molecular formula is C7H10O. The van der Waals surface area contributed by atoms with Crippen LogP contribution >= 0.6 is 0 Å². The van der Waals surface area contributed by atoms with Crippen molar-refractivity contribution in [2.45, 2.75) is 13.8 Å². The van der Waals surface area contributed by atoms with Gasteiger partial charge >= 0.3 is 0 Å². The molecule has 44 valence electrons. The van der Waals surface area contributed by atoms with Gasteiger partial charge in [0, 0.05) is 0 Å². The van der Waals surface area contributed by atoms with Gasteiger partial charge in [-0.2, -0.15) is 0 Å². The molecule has 1 nitrogen and oxygen atoms in total. The minimum atomic E-state index is 1.50. The third kappa shape index (κ3) is 3.26. The largest absolute Gasteiger partial charge is 0.464 e. The molecule has 0 aromatic heterocycles. The summed E-state index contributed by atoms with van der Waals surface area (Å²) in [6.45, 7) is 4.00. The molecule has 1 heteroatoms. The van der Waals surface area contributed by atoms with Gasteiger partial charge in [-0.15, -0.1) is 0 Å². The van der Waals surface area contributed by atoms with E-state index in [0.717, 1.165) is 0 Å². The van der Waals surface area contributed by atoms with Crippen molar-refractivity contribution in [2.24, 2.45) is 0 Å². The Kier molecular flexibility index (Phi) is 5.35. The first kappa shape index (κ1) is 7.06. The number of hydrogen-bond acceptors (Lipinski definition) is 1. The second kappa shape index (κ2) is 6.06. The summed E-state index contributed by atoms with van der Waals surface area (Å²) in [6.07, 6.45) is 6.65. The molecular weight excluding hydrogens is 100 g/mol. The van der Waals surface area contributed by atoms with Crippen LogP contribution in [-0.2, 0) is 4.74 Å². The van der Waals surface area contributed by atoms with E-state index in [1.807, 2.05) is 13.8 Å². The Morgan fingerprint density at radius 3 is 2.25 bits per heavy atom. The van der Waals surface area contributed by atoms with E-state index < -0.39 is 0 Å². The van der Waals surface area contributed by atoms with Crippen LogP contribution in [0.15, 0.2) is 30.4 Å². The van der Waals surface area contributed by atoms with E-state index in [9.17, 15) is 0 Å². The fourth-order valence-electron chi connectivity index (χ4n) is 0.258. The first-order valence-corrected chi connectivity index (χ1v) is 2.72. The topological polar surface area (TPSA) is 9.23 Å². The van der Waals surface area contributed by atoms with E-state index in [0.29, 0.717) is 0 Å². The van der Waals surface area contributed by atoms with Crippen LogP contribution < -0.4 is 0 Å². The molecule has 0 saturated heterocycles. The fourth-order valence-corrected chi connectivity index (χ4v) is 0.258. The van der Waals surface area contributed by atoms with E-state index in [2.05, 4.69) is 10.5 Å². The van der Waals surface area contributed by atoms with Crippen molar-refractivity contribution in [2.75, 3.05) is 0 Å². The minimum absolute atomic E-state index is 1.50. The molecule has 0 unspecified atom stereocenters. The third-order valence-electron chi connectivity index (χ3n) is 0.486. The van der Waals surface area contributed by atoms with Gasteiger partial charge in [0.15, 0.2) is 0 Å². The van der Waals surface area contributed by atoms with Gasteiger partial charge in [0.2, 0.25) is 0 Å². The molecule has 0 spiro atoms. The summed E-state index contributed by atoms with van der Waals surface area (Å²) < 4.78 is 4.62. The lowest BCUT2D eigenvalue weighted by atomic mass is 10.5. The number of allylic oxidation sites excluding steroid dienone is 2. The number of hydrogen-bond donors (Lipinski definition) is 0. The van der Waals surface area contributed by atoms with Crippen LogP contribution in [0, 0.1) is 0 Å². The molecule has 0 aromatic carbocycles. The van der Waals surface area contributed by atoms with Crippen molar-refractivity contribution in [1.29, 1.82) is 0 Å². The molecule has 0 saturated carbocycles. The predicted octanol–water partition coefficient (Wildman–Crippen LogP) is 2.23. The Bertz CT molecular complexity index is 116. The first-order valence-electron chi connectivity index (χ1n) is 2.72. The number of ether oxygens (including phenoxy) is 1. The molecule has 0 aromatic rings. The van der Waals surface area contributed by atoms with Gasteiger partial charge in [0.05, 0.1) is 6.26 Å². The van der Waals surface area contributed by atoms with Crippen LogP contribution in [0.25, 0.3) is 0 Å². The van der Waals surface area contributed by atoms with Crippen LogP contribution in [0.4, 0.5) is 0 Å². The Labute approximate surface area is 50.0 Å². The Hall–Kier alpha value is -0.940. The fraction of sp³-hybridized carbons (Fsp3) is 0.286. The van der Waals surface area contributed by atoms with Gasteiger partial charge in [-0.1, -0.05) is 19.6 Å². The summed E-state index contributed by atoms with van der Waals surface area (Å²) in [6, 6.07) is 0. The monoisotopic (exact) mass is 110 g/mol. The van der Waals surface area contributed by atoms with Crippen molar-refractivity contribution >= 4 is 0 Å². The maximum Gasteiger partial charge on any atom is 0.132 e. The van der Waals surface area contributed by atoms with Crippen molar-refractivity contribution in [3.63, 3.8) is 0 Å². The molecule has 0 radical (unpaired) electrons. The summed E-state index contributed by atoms with van der Waals surface area (Å²) in [7, 11) is 0. The summed E-state index contributed by atoms with van der Waals surface area (Å²) in [4.78, 5) is 0. The van der Waals surface area contributed by atoms with Gasteiger partial charge in [-0.05, 0) is 12.2 Å². The average molecular weight is 110 g/mol. The zero-order chi connectivity index (χ0) is 6.24. The Morgan fingerprint density at radius 1 is 1.38 bits per heavy atom. The first-order chi connectivity index (χ1) is 4.00. The Balaban J connectivity index is 0.000000222. The van der Waals surface area contributed by atoms with Crippen LogP contribution in [0.3, 0.4) is 0 Å². The quantitative estimate of drug-likeness (QED) is 0.434. The molecule has 8 heavy (non-hydrogen) atoms. The van der Waals surface area contributed by atoms with Crippen molar-refractivity contribution in [3.8, 4) is 0 Å². The third-order valence-corrected chi connectivity index (χ3v) is 0.486. The lowest BCUT2D eigenvalue weighted by molar-refractivity contribution is 0.401. The maximum absolute atomic E-state index is 4.62. The molecule has 1 aliphatic heterocycles. The summed E-state index contributed by atoms with van der Waals surface area (Å²) >= 11 is 0. The van der Waals surface area contributed by atoms with E-state index in [-0.39, 0.29) is 0 Å².